The van der Waals surface area contributed by atoms with Crippen LogP contribution in [0.15, 0.2) is 48.5 Å². The Bertz CT molecular complexity index is 499. The van der Waals surface area contributed by atoms with Gasteiger partial charge in [0.05, 0.1) is 0 Å². The van der Waals surface area contributed by atoms with Crippen molar-refractivity contribution >= 4 is 8.58 Å². The van der Waals surface area contributed by atoms with Gasteiger partial charge in [-0.2, -0.15) is 0 Å². The molecule has 0 aliphatic heterocycles. The number of hydrogen-bond acceptors (Lipinski definition) is 0. The molecule has 0 aromatic heterocycles. The molecule has 0 aliphatic rings. The molecule has 0 heterocycles. The van der Waals surface area contributed by atoms with Crippen molar-refractivity contribution in [3.63, 3.8) is 0 Å². The topological polar surface area (TPSA) is 0 Å². The van der Waals surface area contributed by atoms with E-state index in [-0.39, 0.29) is 0 Å². The lowest BCUT2D eigenvalue weighted by Crippen LogP contribution is -1.90. The molecular formula is C18H23P. The molecule has 0 radical (unpaired) electrons. The van der Waals surface area contributed by atoms with Gasteiger partial charge in [-0.05, 0) is 47.4 Å². The second kappa shape index (κ2) is 7.46. The summed E-state index contributed by atoms with van der Waals surface area (Å²) in [6.45, 7) is 4.49. The van der Waals surface area contributed by atoms with Gasteiger partial charge in [0.1, 0.15) is 0 Å². The van der Waals surface area contributed by atoms with E-state index in [0.717, 1.165) is 15.0 Å². The van der Waals surface area contributed by atoms with Gasteiger partial charge in [-0.15, -0.1) is 8.58 Å². The predicted octanol–water partition coefficient (Wildman–Crippen LogP) is 5.16. The van der Waals surface area contributed by atoms with E-state index in [1.54, 1.807) is 0 Å². The highest BCUT2D eigenvalue weighted by Crippen LogP contribution is 2.24. The molecule has 0 N–H and O–H groups in total. The van der Waals surface area contributed by atoms with E-state index in [1.807, 2.05) is 0 Å². The van der Waals surface area contributed by atoms with Gasteiger partial charge in [0, 0.05) is 0 Å². The third kappa shape index (κ3) is 3.91. The predicted molar refractivity (Wildman–Crippen MR) is 88.7 cm³/mol. The van der Waals surface area contributed by atoms with E-state index < -0.39 is 0 Å². The maximum atomic E-state index is 2.29. The number of aryl methyl sites for hydroxylation is 2. The Morgan fingerprint density at radius 2 is 1.63 bits per heavy atom. The molecule has 1 atom stereocenters. The highest BCUT2D eigenvalue weighted by atomic mass is 31.1. The van der Waals surface area contributed by atoms with Crippen LogP contribution in [-0.4, -0.2) is 12.3 Å². The van der Waals surface area contributed by atoms with Gasteiger partial charge in [0.25, 0.3) is 0 Å². The molecule has 2 rings (SSSR count). The molecule has 0 aliphatic carbocycles. The highest BCUT2D eigenvalue weighted by molar-refractivity contribution is 7.37. The van der Waals surface area contributed by atoms with Crippen molar-refractivity contribution in [3.05, 3.63) is 59.7 Å². The maximum Gasteiger partial charge on any atom is -0.0152 e. The quantitative estimate of drug-likeness (QED) is 0.502. The van der Waals surface area contributed by atoms with Crippen molar-refractivity contribution in [1.82, 2.24) is 0 Å². The van der Waals surface area contributed by atoms with E-state index in [2.05, 4.69) is 62.4 Å². The van der Waals surface area contributed by atoms with Crippen molar-refractivity contribution in [2.24, 2.45) is 0 Å². The summed E-state index contributed by atoms with van der Waals surface area (Å²) in [5.41, 5.74) is 5.63. The second-order valence-corrected chi connectivity index (χ2v) is 6.52. The summed E-state index contributed by atoms with van der Waals surface area (Å²) in [5, 5.41) is 0. The molecule has 0 saturated carbocycles. The van der Waals surface area contributed by atoms with Crippen molar-refractivity contribution in [2.75, 3.05) is 12.3 Å². The van der Waals surface area contributed by atoms with Crippen LogP contribution in [-0.2, 0) is 12.8 Å². The summed E-state index contributed by atoms with van der Waals surface area (Å²) < 4.78 is 0. The summed E-state index contributed by atoms with van der Waals surface area (Å²) >= 11 is 0. The van der Waals surface area contributed by atoms with Gasteiger partial charge >= 0.3 is 0 Å². The van der Waals surface area contributed by atoms with Crippen LogP contribution < -0.4 is 0 Å². The molecule has 1 unspecified atom stereocenters. The maximum absolute atomic E-state index is 2.29. The van der Waals surface area contributed by atoms with Gasteiger partial charge in [-0.25, -0.2) is 0 Å². The van der Waals surface area contributed by atoms with Crippen LogP contribution in [0.4, 0.5) is 0 Å². The molecule has 0 saturated heterocycles. The molecule has 0 spiro atoms. The smallest absolute Gasteiger partial charge is 0.0152 e. The number of rotatable bonds is 6. The third-order valence-electron chi connectivity index (χ3n) is 3.50. The summed E-state index contributed by atoms with van der Waals surface area (Å²) in [4.78, 5) is 0. The molecule has 0 bridgehead atoms. The molecule has 19 heavy (non-hydrogen) atoms. The van der Waals surface area contributed by atoms with E-state index in [0.29, 0.717) is 0 Å². The zero-order valence-electron chi connectivity index (χ0n) is 11.9. The lowest BCUT2D eigenvalue weighted by Gasteiger charge is -2.09. The minimum Gasteiger partial charge on any atom is -0.122 e. The minimum absolute atomic E-state index is 1.09. The van der Waals surface area contributed by atoms with Crippen LogP contribution in [0.5, 0.6) is 0 Å². The van der Waals surface area contributed by atoms with Crippen molar-refractivity contribution < 1.29 is 0 Å². The molecule has 0 nitrogen and oxygen atoms in total. The van der Waals surface area contributed by atoms with Crippen LogP contribution in [0.2, 0.25) is 0 Å². The Balaban J connectivity index is 2.13. The zero-order chi connectivity index (χ0) is 13.5. The Morgan fingerprint density at radius 3 is 2.32 bits per heavy atom. The molecule has 2 aromatic rings. The molecule has 100 valence electrons. The Hall–Kier alpha value is -1.13. The third-order valence-corrected chi connectivity index (χ3v) is 4.61. The first-order valence-corrected chi connectivity index (χ1v) is 8.64. The average molecular weight is 270 g/mol. The summed E-state index contributed by atoms with van der Waals surface area (Å²) in [6.07, 6.45) is 4.97. The fraction of sp³-hybridized carbons (Fsp3) is 0.333. The van der Waals surface area contributed by atoms with E-state index in [1.165, 1.54) is 41.0 Å². The van der Waals surface area contributed by atoms with Crippen molar-refractivity contribution in [2.45, 2.75) is 26.7 Å². The lowest BCUT2D eigenvalue weighted by atomic mass is 9.97. The Kier molecular flexibility index (Phi) is 5.61. The summed E-state index contributed by atoms with van der Waals surface area (Å²) in [5.74, 6) is 0. The summed E-state index contributed by atoms with van der Waals surface area (Å²) in [7, 11) is 1.11. The SMILES string of the molecule is CCPCCc1ccc(-c2ccccc2CC)cc1. The first-order chi connectivity index (χ1) is 9.35. The van der Waals surface area contributed by atoms with Gasteiger partial charge < -0.3 is 0 Å². The fourth-order valence-electron chi connectivity index (χ4n) is 2.37. The van der Waals surface area contributed by atoms with Crippen molar-refractivity contribution in [3.8, 4) is 11.1 Å². The Labute approximate surface area is 119 Å². The zero-order valence-corrected chi connectivity index (χ0v) is 12.9. The normalized spacial score (nSPS) is 11.3. The Morgan fingerprint density at radius 1 is 0.895 bits per heavy atom. The van der Waals surface area contributed by atoms with Crippen molar-refractivity contribution in [1.29, 1.82) is 0 Å². The second-order valence-electron chi connectivity index (χ2n) is 4.81. The highest BCUT2D eigenvalue weighted by Gasteiger charge is 2.02. The summed E-state index contributed by atoms with van der Waals surface area (Å²) in [6, 6.07) is 17.9. The lowest BCUT2D eigenvalue weighted by molar-refractivity contribution is 1.14. The van der Waals surface area contributed by atoms with Crippen LogP contribution in [0.25, 0.3) is 11.1 Å². The average Bonchev–Trinajstić information content (AvgIpc) is 2.48. The van der Waals surface area contributed by atoms with Gasteiger partial charge in [0.2, 0.25) is 0 Å². The minimum atomic E-state index is 1.09. The van der Waals surface area contributed by atoms with Crippen LogP contribution >= 0.6 is 8.58 Å². The van der Waals surface area contributed by atoms with E-state index in [4.69, 9.17) is 0 Å². The van der Waals surface area contributed by atoms with Gasteiger partial charge in [-0.3, -0.25) is 0 Å². The molecular weight excluding hydrogens is 247 g/mol. The fourth-order valence-corrected chi connectivity index (χ4v) is 3.19. The van der Waals surface area contributed by atoms with Gasteiger partial charge in [0.15, 0.2) is 0 Å². The number of hydrogen-bond donors (Lipinski definition) is 0. The first-order valence-electron chi connectivity index (χ1n) is 7.23. The standard InChI is InChI=1S/C18H23P/c1-3-16-7-5-6-8-18(16)17-11-9-15(10-12-17)13-14-19-4-2/h5-12,19H,3-4,13-14H2,1-2H3. The first kappa shape index (κ1) is 14.3. The molecule has 2 aromatic carbocycles. The molecule has 0 fully saturated rings. The molecule has 0 amide bonds. The monoisotopic (exact) mass is 270 g/mol. The van der Waals surface area contributed by atoms with Crippen LogP contribution in [0.1, 0.15) is 25.0 Å². The number of benzene rings is 2. The van der Waals surface area contributed by atoms with Gasteiger partial charge in [-0.1, -0.05) is 62.4 Å². The van der Waals surface area contributed by atoms with Crippen LogP contribution in [0, 0.1) is 0 Å². The van der Waals surface area contributed by atoms with E-state index >= 15 is 0 Å². The largest absolute Gasteiger partial charge is 0.122 e. The molecule has 1 heteroatoms. The van der Waals surface area contributed by atoms with Crippen LogP contribution in [0.3, 0.4) is 0 Å². The van der Waals surface area contributed by atoms with E-state index in [9.17, 15) is 0 Å².